The monoisotopic (exact) mass is 278 g/mol. The highest BCUT2D eigenvalue weighted by molar-refractivity contribution is 5.88. The third-order valence-electron chi connectivity index (χ3n) is 3.56. The number of ether oxygens (including phenoxy) is 1. The van der Waals surface area contributed by atoms with E-state index in [1.54, 1.807) is 7.11 Å². The Morgan fingerprint density at radius 2 is 1.95 bits per heavy atom. The van der Waals surface area contributed by atoms with Gasteiger partial charge in [-0.15, -0.1) is 0 Å². The Balaban J connectivity index is 1.95. The minimum absolute atomic E-state index is 0.704. The molecular weight excluding hydrogens is 260 g/mol. The SMILES string of the molecule is COc1ccc2ccccc2c1CNc1cncc(C)c1. The van der Waals surface area contributed by atoms with Crippen LogP contribution >= 0.6 is 0 Å². The van der Waals surface area contributed by atoms with Crippen LogP contribution in [0.25, 0.3) is 10.8 Å². The number of fused-ring (bicyclic) bond motifs is 1. The van der Waals surface area contributed by atoms with Crippen molar-refractivity contribution in [2.75, 3.05) is 12.4 Å². The summed E-state index contributed by atoms with van der Waals surface area (Å²) in [6.07, 6.45) is 3.69. The van der Waals surface area contributed by atoms with Crippen molar-refractivity contribution >= 4 is 16.5 Å². The Hall–Kier alpha value is -2.55. The lowest BCUT2D eigenvalue weighted by Crippen LogP contribution is -2.03. The predicted octanol–water partition coefficient (Wildman–Crippen LogP) is 4.16. The van der Waals surface area contributed by atoms with Crippen molar-refractivity contribution in [1.82, 2.24) is 4.98 Å². The molecule has 0 aliphatic carbocycles. The highest BCUT2D eigenvalue weighted by atomic mass is 16.5. The standard InChI is InChI=1S/C18H18N2O/c1-13-9-15(11-19-10-13)20-12-17-16-6-4-3-5-14(16)7-8-18(17)21-2/h3-11,20H,12H2,1-2H3. The molecule has 0 fully saturated rings. The van der Waals surface area contributed by atoms with Crippen LogP contribution < -0.4 is 10.1 Å². The van der Waals surface area contributed by atoms with Gasteiger partial charge in [0.1, 0.15) is 5.75 Å². The summed E-state index contributed by atoms with van der Waals surface area (Å²) in [5, 5.41) is 5.86. The van der Waals surface area contributed by atoms with Crippen LogP contribution in [-0.4, -0.2) is 12.1 Å². The molecule has 0 aliphatic heterocycles. The summed E-state index contributed by atoms with van der Waals surface area (Å²) in [5.74, 6) is 0.904. The number of benzene rings is 2. The highest BCUT2D eigenvalue weighted by Crippen LogP contribution is 2.28. The van der Waals surface area contributed by atoms with Crippen molar-refractivity contribution in [2.45, 2.75) is 13.5 Å². The number of nitrogens with zero attached hydrogens (tertiary/aromatic N) is 1. The fraction of sp³-hybridized carbons (Fsp3) is 0.167. The minimum atomic E-state index is 0.704. The fourth-order valence-corrected chi connectivity index (χ4v) is 2.53. The quantitative estimate of drug-likeness (QED) is 0.778. The molecular formula is C18H18N2O. The van der Waals surface area contributed by atoms with Gasteiger partial charge in [0.05, 0.1) is 12.8 Å². The normalized spacial score (nSPS) is 10.6. The van der Waals surface area contributed by atoms with Crippen molar-refractivity contribution in [2.24, 2.45) is 0 Å². The summed E-state index contributed by atoms with van der Waals surface area (Å²) < 4.78 is 5.51. The van der Waals surface area contributed by atoms with Gasteiger partial charge < -0.3 is 10.1 Å². The fourth-order valence-electron chi connectivity index (χ4n) is 2.53. The number of hydrogen-bond donors (Lipinski definition) is 1. The van der Waals surface area contributed by atoms with Crippen LogP contribution in [0.15, 0.2) is 54.9 Å². The van der Waals surface area contributed by atoms with E-state index >= 15 is 0 Å². The third-order valence-corrected chi connectivity index (χ3v) is 3.56. The molecule has 0 saturated carbocycles. The van der Waals surface area contributed by atoms with Crippen LogP contribution in [-0.2, 0) is 6.54 Å². The second-order valence-electron chi connectivity index (χ2n) is 5.07. The lowest BCUT2D eigenvalue weighted by molar-refractivity contribution is 0.411. The molecule has 0 radical (unpaired) electrons. The van der Waals surface area contributed by atoms with E-state index in [2.05, 4.69) is 46.7 Å². The molecule has 3 aromatic rings. The Bertz CT molecular complexity index is 768. The number of pyridine rings is 1. The van der Waals surface area contributed by atoms with Gasteiger partial charge in [0.25, 0.3) is 0 Å². The second-order valence-corrected chi connectivity index (χ2v) is 5.07. The summed E-state index contributed by atoms with van der Waals surface area (Å²) >= 11 is 0. The lowest BCUT2D eigenvalue weighted by atomic mass is 10.0. The van der Waals surface area contributed by atoms with Crippen molar-refractivity contribution in [3.8, 4) is 5.75 Å². The van der Waals surface area contributed by atoms with E-state index in [4.69, 9.17) is 4.74 Å². The molecule has 0 amide bonds. The van der Waals surface area contributed by atoms with Gasteiger partial charge in [-0.05, 0) is 35.4 Å². The molecule has 106 valence electrons. The van der Waals surface area contributed by atoms with Crippen LogP contribution in [0, 0.1) is 6.92 Å². The van der Waals surface area contributed by atoms with Crippen LogP contribution in [0.4, 0.5) is 5.69 Å². The summed E-state index contributed by atoms with van der Waals surface area (Å²) in [4.78, 5) is 4.21. The molecule has 1 N–H and O–H groups in total. The summed E-state index contributed by atoms with van der Waals surface area (Å²) in [5.41, 5.74) is 3.33. The molecule has 1 heterocycles. The molecule has 0 unspecified atom stereocenters. The van der Waals surface area contributed by atoms with Gasteiger partial charge in [-0.3, -0.25) is 4.98 Å². The zero-order valence-corrected chi connectivity index (χ0v) is 12.3. The van der Waals surface area contributed by atoms with Gasteiger partial charge >= 0.3 is 0 Å². The molecule has 21 heavy (non-hydrogen) atoms. The largest absolute Gasteiger partial charge is 0.496 e. The van der Waals surface area contributed by atoms with E-state index in [1.165, 1.54) is 10.8 Å². The Morgan fingerprint density at radius 3 is 2.76 bits per heavy atom. The van der Waals surface area contributed by atoms with Gasteiger partial charge in [0, 0.05) is 24.5 Å². The summed E-state index contributed by atoms with van der Waals surface area (Å²) in [7, 11) is 1.71. The Morgan fingerprint density at radius 1 is 1.10 bits per heavy atom. The molecule has 1 aromatic heterocycles. The van der Waals surface area contributed by atoms with Crippen molar-refractivity contribution < 1.29 is 4.74 Å². The molecule has 0 atom stereocenters. The number of hydrogen-bond acceptors (Lipinski definition) is 3. The van der Waals surface area contributed by atoms with E-state index in [-0.39, 0.29) is 0 Å². The van der Waals surface area contributed by atoms with E-state index in [9.17, 15) is 0 Å². The van der Waals surface area contributed by atoms with E-state index in [0.717, 1.165) is 22.6 Å². The van der Waals surface area contributed by atoms with Gasteiger partial charge in [-0.25, -0.2) is 0 Å². The summed E-state index contributed by atoms with van der Waals surface area (Å²) in [6.45, 7) is 2.74. The number of methoxy groups -OCH3 is 1. The van der Waals surface area contributed by atoms with Gasteiger partial charge in [-0.2, -0.15) is 0 Å². The molecule has 3 heteroatoms. The maximum Gasteiger partial charge on any atom is 0.124 e. The lowest BCUT2D eigenvalue weighted by Gasteiger charge is -2.13. The highest BCUT2D eigenvalue weighted by Gasteiger charge is 2.08. The number of aryl methyl sites for hydroxylation is 1. The van der Waals surface area contributed by atoms with Crippen molar-refractivity contribution in [3.63, 3.8) is 0 Å². The maximum atomic E-state index is 5.51. The first kappa shape index (κ1) is 13.4. The van der Waals surface area contributed by atoms with Gasteiger partial charge in [0.2, 0.25) is 0 Å². The molecule has 0 bridgehead atoms. The number of rotatable bonds is 4. The number of anilines is 1. The van der Waals surface area contributed by atoms with E-state index in [1.807, 2.05) is 25.4 Å². The average Bonchev–Trinajstić information content (AvgIpc) is 2.52. The molecule has 0 saturated heterocycles. The van der Waals surface area contributed by atoms with Crippen LogP contribution in [0.1, 0.15) is 11.1 Å². The molecule has 2 aromatic carbocycles. The first-order valence-electron chi connectivity index (χ1n) is 6.98. The third kappa shape index (κ3) is 2.82. The number of nitrogens with one attached hydrogen (secondary N) is 1. The molecule has 3 nitrogen and oxygen atoms in total. The zero-order chi connectivity index (χ0) is 14.7. The maximum absolute atomic E-state index is 5.51. The topological polar surface area (TPSA) is 34.1 Å². The first-order chi connectivity index (χ1) is 10.3. The Labute approximate surface area is 124 Å². The van der Waals surface area contributed by atoms with Crippen LogP contribution in [0.5, 0.6) is 5.75 Å². The van der Waals surface area contributed by atoms with E-state index < -0.39 is 0 Å². The molecule has 0 aliphatic rings. The van der Waals surface area contributed by atoms with Crippen LogP contribution in [0.3, 0.4) is 0 Å². The first-order valence-corrected chi connectivity index (χ1v) is 6.98. The van der Waals surface area contributed by atoms with Crippen molar-refractivity contribution in [3.05, 3.63) is 66.0 Å². The van der Waals surface area contributed by atoms with E-state index in [0.29, 0.717) is 6.54 Å². The summed E-state index contributed by atoms with van der Waals surface area (Å²) in [6, 6.07) is 14.6. The smallest absolute Gasteiger partial charge is 0.124 e. The number of aromatic nitrogens is 1. The Kier molecular flexibility index (Phi) is 3.73. The molecule has 0 spiro atoms. The van der Waals surface area contributed by atoms with Crippen molar-refractivity contribution in [1.29, 1.82) is 0 Å². The van der Waals surface area contributed by atoms with Gasteiger partial charge in [0.15, 0.2) is 0 Å². The molecule has 3 rings (SSSR count). The van der Waals surface area contributed by atoms with Crippen LogP contribution in [0.2, 0.25) is 0 Å². The van der Waals surface area contributed by atoms with Gasteiger partial charge in [-0.1, -0.05) is 30.3 Å². The zero-order valence-electron chi connectivity index (χ0n) is 12.3. The second kappa shape index (κ2) is 5.83. The predicted molar refractivity (Wildman–Crippen MR) is 86.8 cm³/mol. The average molecular weight is 278 g/mol. The minimum Gasteiger partial charge on any atom is -0.496 e.